The Morgan fingerprint density at radius 2 is 2.09 bits per heavy atom. The van der Waals surface area contributed by atoms with Gasteiger partial charge in [0, 0.05) is 31.5 Å². The van der Waals surface area contributed by atoms with Gasteiger partial charge < -0.3 is 26.2 Å². The molecule has 1 aromatic heterocycles. The summed E-state index contributed by atoms with van der Waals surface area (Å²) >= 11 is 0. The van der Waals surface area contributed by atoms with Gasteiger partial charge in [0.25, 0.3) is 0 Å². The van der Waals surface area contributed by atoms with E-state index in [2.05, 4.69) is 9.97 Å². The second-order valence-corrected chi connectivity index (χ2v) is 5.39. The zero-order valence-electron chi connectivity index (χ0n) is 11.7. The predicted octanol–water partition coefficient (Wildman–Crippen LogP) is -0.812. The summed E-state index contributed by atoms with van der Waals surface area (Å²) in [5.74, 6) is -0.832. The molecule has 1 atom stereocenters. The third-order valence-corrected chi connectivity index (χ3v) is 3.83. The second-order valence-electron chi connectivity index (χ2n) is 5.39. The first-order valence-corrected chi connectivity index (χ1v) is 6.69. The number of nitrogens with two attached hydrogens (primary N) is 2. The number of carboxylic acids is 1. The van der Waals surface area contributed by atoms with Crippen molar-refractivity contribution in [3.05, 3.63) is 17.7 Å². The normalized spacial score (nSPS) is 23.0. The highest BCUT2D eigenvalue weighted by molar-refractivity contribution is 5.94. The number of carboxylic acid groups (broad SMARTS) is 1. The molecule has 1 aromatic rings. The lowest BCUT2D eigenvalue weighted by Gasteiger charge is -2.22. The van der Waals surface area contributed by atoms with Crippen LogP contribution in [0.3, 0.4) is 0 Å². The number of carbonyl (C=O) groups is 2. The van der Waals surface area contributed by atoms with Gasteiger partial charge in [0.1, 0.15) is 11.4 Å². The summed E-state index contributed by atoms with van der Waals surface area (Å²) in [6, 6.07) is 0. The van der Waals surface area contributed by atoms with Gasteiger partial charge in [-0.25, -0.2) is 4.79 Å². The minimum absolute atomic E-state index is 0.0450. The summed E-state index contributed by atoms with van der Waals surface area (Å²) < 4.78 is 5.88. The Kier molecular flexibility index (Phi) is 3.12. The number of rotatable bonds is 2. The molecule has 2 aliphatic heterocycles. The van der Waals surface area contributed by atoms with E-state index in [-0.39, 0.29) is 17.7 Å². The fourth-order valence-corrected chi connectivity index (χ4v) is 2.82. The zero-order chi connectivity index (χ0) is 15.9. The molecule has 1 fully saturated rings. The van der Waals surface area contributed by atoms with E-state index in [0.29, 0.717) is 37.4 Å². The van der Waals surface area contributed by atoms with Crippen molar-refractivity contribution >= 4 is 23.6 Å². The molecule has 22 heavy (non-hydrogen) atoms. The van der Waals surface area contributed by atoms with Gasteiger partial charge in [-0.2, -0.15) is 9.97 Å². The maximum Gasteiger partial charge on any atom is 0.328 e. The maximum atomic E-state index is 11.9. The smallest absolute Gasteiger partial charge is 0.328 e. The van der Waals surface area contributed by atoms with E-state index in [4.69, 9.17) is 21.3 Å². The van der Waals surface area contributed by atoms with Crippen molar-refractivity contribution in [2.24, 2.45) is 0 Å². The molecule has 9 nitrogen and oxygen atoms in total. The molecule has 0 bridgehead atoms. The zero-order valence-corrected chi connectivity index (χ0v) is 11.7. The van der Waals surface area contributed by atoms with Crippen LogP contribution in [0.2, 0.25) is 0 Å². The summed E-state index contributed by atoms with van der Waals surface area (Å²) in [4.78, 5) is 31.9. The Morgan fingerprint density at radius 3 is 2.82 bits per heavy atom. The monoisotopic (exact) mass is 305 g/mol. The number of nitrogens with zero attached hydrogens (tertiary/aromatic N) is 3. The first kappa shape index (κ1) is 14.1. The van der Waals surface area contributed by atoms with Crippen molar-refractivity contribution in [2.75, 3.05) is 24.6 Å². The van der Waals surface area contributed by atoms with Gasteiger partial charge in [-0.15, -0.1) is 0 Å². The highest BCUT2D eigenvalue weighted by Gasteiger charge is 2.47. The lowest BCUT2D eigenvalue weighted by Crippen LogP contribution is -2.39. The molecular formula is C13H15N5O4. The summed E-state index contributed by atoms with van der Waals surface area (Å²) in [6.45, 7) is 0.811. The molecule has 0 unspecified atom stereocenters. The molecule has 2 aliphatic rings. The Hall–Kier alpha value is -2.84. The molecule has 0 aliphatic carbocycles. The minimum atomic E-state index is -1.16. The van der Waals surface area contributed by atoms with Crippen molar-refractivity contribution in [3.8, 4) is 5.88 Å². The fraction of sp³-hybridized carbons (Fsp3) is 0.385. The van der Waals surface area contributed by atoms with Gasteiger partial charge in [0.15, 0.2) is 0 Å². The van der Waals surface area contributed by atoms with Crippen LogP contribution >= 0.6 is 0 Å². The fourth-order valence-electron chi connectivity index (χ4n) is 2.82. The number of nitrogen functional groups attached to an aromatic ring is 2. The van der Waals surface area contributed by atoms with Crippen molar-refractivity contribution in [3.63, 3.8) is 0 Å². The molecule has 0 radical (unpaired) electrons. The molecule has 0 saturated carbocycles. The second kappa shape index (κ2) is 4.86. The quantitative estimate of drug-likeness (QED) is 0.601. The number of aliphatic carboxylic acids is 1. The van der Waals surface area contributed by atoms with Crippen LogP contribution in [-0.2, 0) is 16.0 Å². The van der Waals surface area contributed by atoms with Crippen LogP contribution in [0.15, 0.2) is 12.2 Å². The largest absolute Gasteiger partial charge is 0.478 e. The number of carbonyl (C=O) groups excluding carboxylic acids is 1. The average molecular weight is 305 g/mol. The summed E-state index contributed by atoms with van der Waals surface area (Å²) in [6.07, 6.45) is 2.97. The maximum absolute atomic E-state index is 11.9. The van der Waals surface area contributed by atoms with Crippen LogP contribution < -0.4 is 16.2 Å². The number of aromatic nitrogens is 2. The molecule has 3 heterocycles. The summed E-state index contributed by atoms with van der Waals surface area (Å²) in [5, 5.41) is 8.56. The van der Waals surface area contributed by atoms with E-state index in [1.807, 2.05) is 0 Å². The van der Waals surface area contributed by atoms with E-state index in [9.17, 15) is 9.59 Å². The number of hydrogen-bond donors (Lipinski definition) is 3. The first-order chi connectivity index (χ1) is 10.4. The Balaban J connectivity index is 1.75. The third-order valence-electron chi connectivity index (χ3n) is 3.83. The number of hydrogen-bond acceptors (Lipinski definition) is 7. The molecule has 5 N–H and O–H groups in total. The number of ether oxygens (including phenoxy) is 1. The lowest BCUT2D eigenvalue weighted by molar-refractivity contribution is -0.132. The van der Waals surface area contributed by atoms with Crippen LogP contribution in [0.5, 0.6) is 5.88 Å². The molecule has 0 aromatic carbocycles. The highest BCUT2D eigenvalue weighted by Crippen LogP contribution is 2.41. The number of amides is 1. The molecule has 1 saturated heterocycles. The van der Waals surface area contributed by atoms with E-state index in [0.717, 1.165) is 12.2 Å². The van der Waals surface area contributed by atoms with E-state index >= 15 is 0 Å². The Morgan fingerprint density at radius 1 is 1.32 bits per heavy atom. The van der Waals surface area contributed by atoms with Crippen LogP contribution in [0.4, 0.5) is 11.8 Å². The highest BCUT2D eigenvalue weighted by atomic mass is 16.5. The molecule has 9 heteroatoms. The molecule has 116 valence electrons. The van der Waals surface area contributed by atoms with Crippen LogP contribution in [-0.4, -0.2) is 50.5 Å². The van der Waals surface area contributed by atoms with Crippen LogP contribution in [0, 0.1) is 0 Å². The van der Waals surface area contributed by atoms with Gasteiger partial charge >= 0.3 is 5.97 Å². The molecule has 1 spiro atoms. The van der Waals surface area contributed by atoms with Gasteiger partial charge in [-0.1, -0.05) is 0 Å². The Labute approximate surface area is 125 Å². The van der Waals surface area contributed by atoms with Crippen molar-refractivity contribution in [2.45, 2.75) is 18.4 Å². The lowest BCUT2D eigenvalue weighted by atomic mass is 9.97. The van der Waals surface area contributed by atoms with Crippen LogP contribution in [0.25, 0.3) is 0 Å². The van der Waals surface area contributed by atoms with Crippen molar-refractivity contribution < 1.29 is 19.4 Å². The van der Waals surface area contributed by atoms with E-state index < -0.39 is 11.6 Å². The number of anilines is 2. The Bertz CT molecular complexity index is 689. The first-order valence-electron chi connectivity index (χ1n) is 6.69. The summed E-state index contributed by atoms with van der Waals surface area (Å²) in [5.41, 5.74) is 11.5. The standard InChI is InChI=1S/C13H15N5O4/c14-10-7-5-13(22-11(7)17-12(15)16-10)3-4-18(6-13)8(19)1-2-9(20)21/h1-2H,3-6H2,(H,20,21)(H4,14,15,16,17)/b2-1+/t13-/m1/s1. The van der Waals surface area contributed by atoms with Crippen LogP contribution in [0.1, 0.15) is 12.0 Å². The molecule has 1 amide bonds. The minimum Gasteiger partial charge on any atom is -0.478 e. The summed E-state index contributed by atoms with van der Waals surface area (Å²) in [7, 11) is 0. The van der Waals surface area contributed by atoms with Gasteiger partial charge in [0.05, 0.1) is 12.1 Å². The molecular weight excluding hydrogens is 290 g/mol. The van der Waals surface area contributed by atoms with Crippen molar-refractivity contribution in [1.82, 2.24) is 14.9 Å². The molecule has 3 rings (SSSR count). The average Bonchev–Trinajstić information content (AvgIpc) is 3.00. The predicted molar refractivity (Wildman–Crippen MR) is 75.9 cm³/mol. The third kappa shape index (κ3) is 2.41. The SMILES string of the molecule is Nc1nc(N)c2c(n1)O[C@]1(CCN(C(=O)/C=C/C(=O)O)C1)C2. The number of likely N-dealkylation sites (tertiary alicyclic amines) is 1. The van der Waals surface area contributed by atoms with E-state index in [1.54, 1.807) is 0 Å². The topological polar surface area (TPSA) is 145 Å². The van der Waals surface area contributed by atoms with Crippen molar-refractivity contribution in [1.29, 1.82) is 0 Å². The van der Waals surface area contributed by atoms with Gasteiger partial charge in [-0.05, 0) is 0 Å². The van der Waals surface area contributed by atoms with Gasteiger partial charge in [-0.3, -0.25) is 4.79 Å². The van der Waals surface area contributed by atoms with Gasteiger partial charge in [0.2, 0.25) is 17.7 Å². The van der Waals surface area contributed by atoms with E-state index in [1.165, 1.54) is 4.90 Å². The number of fused-ring (bicyclic) bond motifs is 1.